The molecule has 0 bridgehead atoms. The molecular weight excluding hydrogens is 235 g/mol. The molecule has 16 heavy (non-hydrogen) atoms. The van der Waals surface area contributed by atoms with Gasteiger partial charge in [0.1, 0.15) is 0 Å². The highest BCUT2D eigenvalue weighted by Gasteiger charge is 2.33. The SMILES string of the molecule is CSc1cc(C(F)(F)F)c2ccccc2n1. The Kier molecular flexibility index (Phi) is 2.80. The van der Waals surface area contributed by atoms with E-state index in [1.54, 1.807) is 24.5 Å². The van der Waals surface area contributed by atoms with Crippen LogP contribution in [0.1, 0.15) is 5.56 Å². The molecule has 0 aliphatic rings. The number of para-hydroxylation sites is 1. The predicted octanol–water partition coefficient (Wildman–Crippen LogP) is 3.98. The van der Waals surface area contributed by atoms with E-state index in [1.807, 2.05) is 0 Å². The van der Waals surface area contributed by atoms with Crippen molar-refractivity contribution in [1.82, 2.24) is 4.98 Å². The fourth-order valence-corrected chi connectivity index (χ4v) is 1.92. The van der Waals surface area contributed by atoms with Crippen LogP contribution < -0.4 is 0 Å². The van der Waals surface area contributed by atoms with Crippen LogP contribution in [0.5, 0.6) is 0 Å². The first-order valence-electron chi connectivity index (χ1n) is 4.53. The van der Waals surface area contributed by atoms with Crippen LogP contribution >= 0.6 is 11.8 Å². The van der Waals surface area contributed by atoms with E-state index in [1.165, 1.54) is 17.8 Å². The van der Waals surface area contributed by atoms with Gasteiger partial charge in [-0.3, -0.25) is 0 Å². The molecule has 1 heterocycles. The minimum atomic E-state index is -4.34. The lowest BCUT2D eigenvalue weighted by Gasteiger charge is -2.11. The number of fused-ring (bicyclic) bond motifs is 1. The van der Waals surface area contributed by atoms with E-state index in [0.29, 0.717) is 10.5 Å². The van der Waals surface area contributed by atoms with Crippen molar-refractivity contribution in [1.29, 1.82) is 0 Å². The average molecular weight is 243 g/mol. The monoisotopic (exact) mass is 243 g/mol. The summed E-state index contributed by atoms with van der Waals surface area (Å²) >= 11 is 1.20. The Balaban J connectivity index is 2.79. The second kappa shape index (κ2) is 3.97. The number of nitrogens with zero attached hydrogens (tertiary/aromatic N) is 1. The Bertz CT molecular complexity index is 522. The summed E-state index contributed by atoms with van der Waals surface area (Å²) in [4.78, 5) is 4.13. The molecule has 1 aromatic heterocycles. The van der Waals surface area contributed by atoms with Gasteiger partial charge in [-0.2, -0.15) is 13.2 Å². The van der Waals surface area contributed by atoms with Gasteiger partial charge >= 0.3 is 6.18 Å². The summed E-state index contributed by atoms with van der Waals surface area (Å²) in [5.41, 5.74) is -0.246. The molecular formula is C11H8F3NS. The van der Waals surface area contributed by atoms with Crippen molar-refractivity contribution in [3.8, 4) is 0 Å². The van der Waals surface area contributed by atoms with Gasteiger partial charge in [-0.1, -0.05) is 18.2 Å². The van der Waals surface area contributed by atoms with Crippen molar-refractivity contribution in [3.63, 3.8) is 0 Å². The number of hydrogen-bond acceptors (Lipinski definition) is 2. The third kappa shape index (κ3) is 2.00. The molecule has 0 fully saturated rings. The zero-order valence-corrected chi connectivity index (χ0v) is 9.19. The Hall–Kier alpha value is -1.23. The average Bonchev–Trinajstić information content (AvgIpc) is 2.26. The largest absolute Gasteiger partial charge is 0.417 e. The summed E-state index contributed by atoms with van der Waals surface area (Å²) in [5, 5.41) is 0.527. The van der Waals surface area contributed by atoms with Gasteiger partial charge in [0.15, 0.2) is 0 Å². The van der Waals surface area contributed by atoms with E-state index in [4.69, 9.17) is 0 Å². The number of aromatic nitrogens is 1. The number of benzene rings is 1. The first-order chi connectivity index (χ1) is 7.52. The molecule has 0 saturated heterocycles. The molecule has 0 atom stereocenters. The number of rotatable bonds is 1. The van der Waals surface area contributed by atoms with Crippen molar-refractivity contribution in [2.75, 3.05) is 6.26 Å². The first kappa shape index (κ1) is 11.3. The molecule has 2 aromatic rings. The van der Waals surface area contributed by atoms with Crippen molar-refractivity contribution in [2.45, 2.75) is 11.2 Å². The van der Waals surface area contributed by atoms with Gasteiger partial charge in [0.2, 0.25) is 0 Å². The molecule has 0 radical (unpaired) electrons. The zero-order valence-electron chi connectivity index (χ0n) is 8.38. The van der Waals surface area contributed by atoms with E-state index >= 15 is 0 Å². The van der Waals surface area contributed by atoms with Crippen molar-refractivity contribution in [2.24, 2.45) is 0 Å². The highest BCUT2D eigenvalue weighted by atomic mass is 32.2. The molecule has 1 aromatic carbocycles. The number of hydrogen-bond donors (Lipinski definition) is 0. The third-order valence-corrected chi connectivity index (χ3v) is 2.83. The third-order valence-electron chi connectivity index (χ3n) is 2.21. The van der Waals surface area contributed by atoms with Crippen LogP contribution in [0.2, 0.25) is 0 Å². The molecule has 0 spiro atoms. The number of halogens is 3. The maximum atomic E-state index is 12.8. The smallest absolute Gasteiger partial charge is 0.241 e. The van der Waals surface area contributed by atoms with Crippen LogP contribution in [0.3, 0.4) is 0 Å². The van der Waals surface area contributed by atoms with Gasteiger partial charge in [0.05, 0.1) is 16.1 Å². The Morgan fingerprint density at radius 1 is 1.19 bits per heavy atom. The van der Waals surface area contributed by atoms with Gasteiger partial charge in [-0.05, 0) is 18.4 Å². The number of alkyl halides is 3. The lowest BCUT2D eigenvalue weighted by Crippen LogP contribution is -2.06. The van der Waals surface area contributed by atoms with Crippen molar-refractivity contribution in [3.05, 3.63) is 35.9 Å². The standard InChI is InChI=1S/C11H8F3NS/c1-16-10-6-8(11(12,13)14)7-4-2-3-5-9(7)15-10/h2-6H,1H3. The van der Waals surface area contributed by atoms with Crippen LogP contribution in [-0.2, 0) is 6.18 Å². The van der Waals surface area contributed by atoms with E-state index in [2.05, 4.69) is 4.98 Å². The molecule has 5 heteroatoms. The van der Waals surface area contributed by atoms with E-state index < -0.39 is 11.7 Å². The number of pyridine rings is 1. The van der Waals surface area contributed by atoms with Crippen LogP contribution in [0, 0.1) is 0 Å². The summed E-state index contributed by atoms with van der Waals surface area (Å²) < 4.78 is 38.4. The highest BCUT2D eigenvalue weighted by Crippen LogP contribution is 2.35. The molecule has 0 aliphatic carbocycles. The maximum Gasteiger partial charge on any atom is 0.417 e. The first-order valence-corrected chi connectivity index (χ1v) is 5.76. The fraction of sp³-hybridized carbons (Fsp3) is 0.182. The summed E-state index contributed by atoms with van der Waals surface area (Å²) in [6, 6.07) is 7.38. The lowest BCUT2D eigenvalue weighted by molar-refractivity contribution is -0.136. The summed E-state index contributed by atoms with van der Waals surface area (Å²) in [7, 11) is 0. The second-order valence-electron chi connectivity index (χ2n) is 3.23. The van der Waals surface area contributed by atoms with Crippen molar-refractivity contribution >= 4 is 22.7 Å². The van der Waals surface area contributed by atoms with E-state index in [-0.39, 0.29) is 5.39 Å². The normalized spacial score (nSPS) is 12.0. The molecule has 0 aliphatic heterocycles. The van der Waals surface area contributed by atoms with Crippen molar-refractivity contribution < 1.29 is 13.2 Å². The van der Waals surface area contributed by atoms with Crippen LogP contribution in [-0.4, -0.2) is 11.2 Å². The Morgan fingerprint density at radius 2 is 1.88 bits per heavy atom. The lowest BCUT2D eigenvalue weighted by atomic mass is 10.1. The number of thioether (sulfide) groups is 1. The van der Waals surface area contributed by atoms with Gasteiger partial charge in [-0.15, -0.1) is 11.8 Å². The van der Waals surface area contributed by atoms with Crippen LogP contribution in [0.4, 0.5) is 13.2 Å². The Labute approximate surface area is 94.7 Å². The van der Waals surface area contributed by atoms with Crippen LogP contribution in [0.15, 0.2) is 35.4 Å². The topological polar surface area (TPSA) is 12.9 Å². The highest BCUT2D eigenvalue weighted by molar-refractivity contribution is 7.98. The van der Waals surface area contributed by atoms with E-state index in [0.717, 1.165) is 6.07 Å². The fourth-order valence-electron chi connectivity index (χ4n) is 1.49. The molecule has 0 N–H and O–H groups in total. The summed E-state index contributed by atoms with van der Waals surface area (Å²) in [5.74, 6) is 0. The summed E-state index contributed by atoms with van der Waals surface area (Å²) in [6.07, 6.45) is -2.63. The molecule has 0 unspecified atom stereocenters. The van der Waals surface area contributed by atoms with Gasteiger partial charge < -0.3 is 0 Å². The molecule has 2 rings (SSSR count). The maximum absolute atomic E-state index is 12.8. The Morgan fingerprint density at radius 3 is 2.50 bits per heavy atom. The van der Waals surface area contributed by atoms with E-state index in [9.17, 15) is 13.2 Å². The molecule has 1 nitrogen and oxygen atoms in total. The van der Waals surface area contributed by atoms with Crippen LogP contribution in [0.25, 0.3) is 10.9 Å². The minimum Gasteiger partial charge on any atom is -0.241 e. The van der Waals surface area contributed by atoms with Gasteiger partial charge in [0.25, 0.3) is 0 Å². The minimum absolute atomic E-state index is 0.146. The van der Waals surface area contributed by atoms with Gasteiger partial charge in [-0.25, -0.2) is 4.98 Å². The molecule has 84 valence electrons. The summed E-state index contributed by atoms with van der Waals surface area (Å²) in [6.45, 7) is 0. The second-order valence-corrected chi connectivity index (χ2v) is 4.05. The predicted molar refractivity (Wildman–Crippen MR) is 58.5 cm³/mol. The molecule has 0 saturated carbocycles. The van der Waals surface area contributed by atoms with Gasteiger partial charge in [0, 0.05) is 5.39 Å². The quantitative estimate of drug-likeness (QED) is 0.703. The molecule has 0 amide bonds. The zero-order chi connectivity index (χ0) is 11.8.